The summed E-state index contributed by atoms with van der Waals surface area (Å²) >= 11 is 0. The number of methoxy groups -OCH3 is 1. The van der Waals surface area contributed by atoms with E-state index in [4.69, 9.17) is 14.7 Å². The van der Waals surface area contributed by atoms with Gasteiger partial charge in [-0.05, 0) is 31.2 Å². The molecular weight excluding hydrogens is 244 g/mol. The van der Waals surface area contributed by atoms with Gasteiger partial charge in [0.15, 0.2) is 0 Å². The number of hydrogen-bond donors (Lipinski definition) is 0. The Morgan fingerprint density at radius 3 is 2.84 bits per heavy atom. The van der Waals surface area contributed by atoms with Gasteiger partial charge in [0.25, 0.3) is 0 Å². The third-order valence-electron chi connectivity index (χ3n) is 2.80. The number of benzene rings is 1. The Bertz CT molecular complexity index is 652. The van der Waals surface area contributed by atoms with Crippen molar-refractivity contribution in [3.63, 3.8) is 0 Å². The molecule has 5 heteroatoms. The van der Waals surface area contributed by atoms with Crippen molar-refractivity contribution in [1.29, 1.82) is 5.26 Å². The van der Waals surface area contributed by atoms with Gasteiger partial charge in [0, 0.05) is 11.1 Å². The molecular formula is C14H14N2O3. The summed E-state index contributed by atoms with van der Waals surface area (Å²) < 4.78 is 11.6. The molecule has 0 aliphatic heterocycles. The van der Waals surface area contributed by atoms with Crippen molar-refractivity contribution in [3.8, 4) is 11.8 Å². The summed E-state index contributed by atoms with van der Waals surface area (Å²) in [7, 11) is 1.58. The highest BCUT2D eigenvalue weighted by Crippen LogP contribution is 2.25. The summed E-state index contributed by atoms with van der Waals surface area (Å²) in [5.74, 6) is 0.706. The maximum Gasteiger partial charge on any atom is 0.418 e. The summed E-state index contributed by atoms with van der Waals surface area (Å²) in [6.07, 6.45) is -0.316. The predicted molar refractivity (Wildman–Crippen MR) is 70.2 cm³/mol. The maximum absolute atomic E-state index is 12.0. The van der Waals surface area contributed by atoms with E-state index >= 15 is 0 Å². The van der Waals surface area contributed by atoms with E-state index in [1.54, 1.807) is 32.2 Å². The number of ether oxygens (including phenoxy) is 2. The third kappa shape index (κ3) is 2.38. The van der Waals surface area contributed by atoms with Crippen LogP contribution in [-0.4, -0.2) is 24.4 Å². The topological polar surface area (TPSA) is 64.2 Å². The van der Waals surface area contributed by atoms with Crippen LogP contribution in [-0.2, 0) is 11.2 Å². The lowest BCUT2D eigenvalue weighted by Crippen LogP contribution is -2.15. The summed E-state index contributed by atoms with van der Waals surface area (Å²) in [4.78, 5) is 12.0. The summed E-state index contributed by atoms with van der Waals surface area (Å²) in [5, 5.41) is 9.69. The van der Waals surface area contributed by atoms with E-state index in [2.05, 4.69) is 6.07 Å². The molecule has 2 rings (SSSR count). The normalized spacial score (nSPS) is 10.2. The van der Waals surface area contributed by atoms with Gasteiger partial charge in [-0.2, -0.15) is 5.26 Å². The zero-order valence-corrected chi connectivity index (χ0v) is 10.8. The Kier molecular flexibility index (Phi) is 3.71. The molecule has 0 aliphatic rings. The molecule has 0 spiro atoms. The molecule has 0 saturated carbocycles. The zero-order valence-electron chi connectivity index (χ0n) is 10.8. The molecule has 0 unspecified atom stereocenters. The van der Waals surface area contributed by atoms with E-state index in [1.165, 1.54) is 4.57 Å². The van der Waals surface area contributed by atoms with E-state index in [1.807, 2.05) is 6.07 Å². The van der Waals surface area contributed by atoms with Crippen LogP contribution in [0.1, 0.15) is 12.6 Å². The average molecular weight is 258 g/mol. The fraction of sp³-hybridized carbons (Fsp3) is 0.286. The van der Waals surface area contributed by atoms with Crippen LogP contribution in [0.3, 0.4) is 0 Å². The highest BCUT2D eigenvalue weighted by atomic mass is 16.5. The predicted octanol–water partition coefficient (Wildman–Crippen LogP) is 2.72. The van der Waals surface area contributed by atoms with Crippen LogP contribution >= 0.6 is 0 Å². The quantitative estimate of drug-likeness (QED) is 0.849. The molecule has 2 aromatic rings. The van der Waals surface area contributed by atoms with E-state index in [9.17, 15) is 4.79 Å². The lowest BCUT2D eigenvalue weighted by atomic mass is 10.2. The minimum atomic E-state index is -0.465. The molecule has 0 saturated heterocycles. The maximum atomic E-state index is 12.0. The highest BCUT2D eigenvalue weighted by molar-refractivity contribution is 5.91. The number of rotatable bonds is 3. The van der Waals surface area contributed by atoms with Gasteiger partial charge in [0.05, 0.1) is 31.7 Å². The third-order valence-corrected chi connectivity index (χ3v) is 2.80. The van der Waals surface area contributed by atoms with Crippen LogP contribution < -0.4 is 4.74 Å². The Morgan fingerprint density at radius 2 is 2.21 bits per heavy atom. The summed E-state index contributed by atoms with van der Waals surface area (Å²) in [6.45, 7) is 2.04. The van der Waals surface area contributed by atoms with Gasteiger partial charge in [-0.25, -0.2) is 9.36 Å². The molecule has 1 aromatic carbocycles. The van der Waals surface area contributed by atoms with Crippen molar-refractivity contribution in [2.75, 3.05) is 13.7 Å². The van der Waals surface area contributed by atoms with Crippen LogP contribution in [0.15, 0.2) is 24.3 Å². The Labute approximate surface area is 111 Å². The van der Waals surface area contributed by atoms with Gasteiger partial charge in [0.2, 0.25) is 0 Å². The van der Waals surface area contributed by atoms with Crippen LogP contribution in [0, 0.1) is 11.3 Å². The lowest BCUT2D eigenvalue weighted by molar-refractivity contribution is 0.154. The first-order valence-corrected chi connectivity index (χ1v) is 5.93. The standard InChI is InChI=1S/C14H14N2O3/c1-3-19-14(17)16-11(6-7-15)8-10-9-12(18-2)4-5-13(10)16/h4-5,8-9H,3,6H2,1-2H3. The number of fused-ring (bicyclic) bond motifs is 1. The van der Waals surface area contributed by atoms with Gasteiger partial charge in [0.1, 0.15) is 5.75 Å². The van der Waals surface area contributed by atoms with Gasteiger partial charge < -0.3 is 9.47 Å². The molecule has 0 amide bonds. The zero-order chi connectivity index (χ0) is 13.8. The minimum absolute atomic E-state index is 0.149. The smallest absolute Gasteiger partial charge is 0.418 e. The molecule has 0 bridgehead atoms. The Hall–Kier alpha value is -2.48. The molecule has 0 radical (unpaired) electrons. The molecule has 98 valence electrons. The SMILES string of the molecule is CCOC(=O)n1c(CC#N)cc2cc(OC)ccc21. The minimum Gasteiger partial charge on any atom is -0.497 e. The van der Waals surface area contributed by atoms with E-state index in [-0.39, 0.29) is 6.42 Å². The number of carbonyl (C=O) groups is 1. The molecule has 0 N–H and O–H groups in total. The van der Waals surface area contributed by atoms with E-state index < -0.39 is 6.09 Å². The van der Waals surface area contributed by atoms with Crippen molar-refractivity contribution in [2.24, 2.45) is 0 Å². The first-order valence-electron chi connectivity index (χ1n) is 5.93. The number of nitriles is 1. The largest absolute Gasteiger partial charge is 0.497 e. The second kappa shape index (κ2) is 5.44. The summed E-state index contributed by atoms with van der Waals surface area (Å²) in [6, 6.07) is 9.24. The van der Waals surface area contributed by atoms with E-state index in [0.717, 1.165) is 5.39 Å². The Morgan fingerprint density at radius 1 is 1.42 bits per heavy atom. The number of carbonyl (C=O) groups excluding carboxylic acids is 1. The van der Waals surface area contributed by atoms with Crippen LogP contribution in [0.2, 0.25) is 0 Å². The van der Waals surface area contributed by atoms with Gasteiger partial charge in [-0.1, -0.05) is 0 Å². The van der Waals surface area contributed by atoms with Crippen LogP contribution in [0.5, 0.6) is 5.75 Å². The van der Waals surface area contributed by atoms with E-state index in [0.29, 0.717) is 23.6 Å². The molecule has 1 aromatic heterocycles. The first kappa shape index (κ1) is 13.0. The average Bonchev–Trinajstić information content (AvgIpc) is 2.76. The molecule has 0 aliphatic carbocycles. The molecule has 19 heavy (non-hydrogen) atoms. The molecule has 1 heterocycles. The second-order valence-corrected chi connectivity index (χ2v) is 3.93. The van der Waals surface area contributed by atoms with Crippen molar-refractivity contribution in [3.05, 3.63) is 30.0 Å². The number of nitrogens with zero attached hydrogens (tertiary/aromatic N) is 2. The van der Waals surface area contributed by atoms with Crippen molar-refractivity contribution < 1.29 is 14.3 Å². The monoisotopic (exact) mass is 258 g/mol. The molecule has 5 nitrogen and oxygen atoms in total. The number of hydrogen-bond acceptors (Lipinski definition) is 4. The van der Waals surface area contributed by atoms with Crippen LogP contribution in [0.4, 0.5) is 4.79 Å². The first-order chi connectivity index (χ1) is 9.21. The fourth-order valence-electron chi connectivity index (χ4n) is 1.99. The lowest BCUT2D eigenvalue weighted by Gasteiger charge is -2.07. The van der Waals surface area contributed by atoms with Gasteiger partial charge in [-0.3, -0.25) is 0 Å². The van der Waals surface area contributed by atoms with Gasteiger partial charge in [-0.15, -0.1) is 0 Å². The fourth-order valence-corrected chi connectivity index (χ4v) is 1.99. The van der Waals surface area contributed by atoms with Crippen molar-refractivity contribution in [1.82, 2.24) is 4.57 Å². The summed E-state index contributed by atoms with van der Waals surface area (Å²) in [5.41, 5.74) is 1.33. The molecule has 0 fully saturated rings. The van der Waals surface area contributed by atoms with Crippen LogP contribution in [0.25, 0.3) is 10.9 Å². The van der Waals surface area contributed by atoms with Gasteiger partial charge >= 0.3 is 6.09 Å². The number of aromatic nitrogens is 1. The Balaban J connectivity index is 2.60. The second-order valence-electron chi connectivity index (χ2n) is 3.93. The van der Waals surface area contributed by atoms with Crippen molar-refractivity contribution >= 4 is 17.0 Å². The van der Waals surface area contributed by atoms with Crippen molar-refractivity contribution in [2.45, 2.75) is 13.3 Å². The highest BCUT2D eigenvalue weighted by Gasteiger charge is 2.16. The molecule has 0 atom stereocenters.